The zero-order valence-electron chi connectivity index (χ0n) is 77.7. The fourth-order valence-corrected chi connectivity index (χ4v) is 17.9. The number of hydrogen-bond acceptors (Lipinski definition) is 7. The third kappa shape index (κ3) is 20.6. The van der Waals surface area contributed by atoms with Crippen LogP contribution in [0.5, 0.6) is 0 Å². The Morgan fingerprint density at radius 1 is 0.199 bits per heavy atom. The Morgan fingerprint density at radius 2 is 0.375 bits per heavy atom. The molecule has 10 heteroatoms. The van der Waals surface area contributed by atoms with Crippen molar-refractivity contribution in [2.75, 3.05) is 29.4 Å². The van der Waals surface area contributed by atoms with Gasteiger partial charge < -0.3 is 34.1 Å². The van der Waals surface area contributed by atoms with Crippen molar-refractivity contribution in [1.29, 1.82) is 2.56 Å². The Hall–Kier alpha value is -16.7. The van der Waals surface area contributed by atoms with Gasteiger partial charge in [-0.15, -0.1) is 0 Å². The third-order valence-corrected chi connectivity index (χ3v) is 24.4. The van der Waals surface area contributed by atoms with Crippen LogP contribution in [0.15, 0.2) is 551 Å². The molecule has 7 nitrogen and oxygen atoms in total. The molecule has 0 aromatic heterocycles. The number of fused-ring (bicyclic) bond motifs is 4. The highest BCUT2D eigenvalue weighted by Crippen LogP contribution is 2.46. The predicted molar refractivity (Wildman–Crippen MR) is 591 cm³/mol. The lowest BCUT2D eigenvalue weighted by atomic mass is 10.0. The fraction of sp³-hybridized carbons (Fsp3) is 0.0159. The minimum Gasteiger partial charge on any atom is -0.344 e. The van der Waals surface area contributed by atoms with Crippen molar-refractivity contribution in [2.45, 2.75) is 13.8 Å². The van der Waals surface area contributed by atoms with Crippen LogP contribution in [-0.2, 0) is 0 Å². The van der Waals surface area contributed by atoms with Gasteiger partial charge in [0.15, 0.2) is 0 Å². The number of rotatable bonds is 21. The van der Waals surface area contributed by atoms with Crippen molar-refractivity contribution in [1.82, 2.24) is 0 Å². The summed E-state index contributed by atoms with van der Waals surface area (Å²) in [5, 5.41) is 9.84. The van der Waals surface area contributed by atoms with E-state index in [1.807, 2.05) is 0 Å². The molecule has 0 aliphatic heterocycles. The van der Waals surface area contributed by atoms with Crippen LogP contribution >= 0.6 is 18.8 Å². The van der Waals surface area contributed by atoms with E-state index in [0.717, 1.165) is 102 Å². The molecule has 1 unspecified atom stereocenters. The molecule has 22 rings (SSSR count). The summed E-state index contributed by atoms with van der Waals surface area (Å²) in [5.41, 5.74) is 30.0. The largest absolute Gasteiger partial charge is 0.344 e. The molecule has 0 heterocycles. The van der Waals surface area contributed by atoms with Gasteiger partial charge in [-0.2, -0.15) is 9.79 Å². The van der Waals surface area contributed by atoms with Gasteiger partial charge in [0.05, 0.1) is 13.9 Å². The topological polar surface area (TPSA) is 31.8 Å². The first kappa shape index (κ1) is 87.3. The highest BCUT2D eigenvalue weighted by Gasteiger charge is 2.22. The predicted octanol–water partition coefficient (Wildman–Crippen LogP) is 36.6. The molecule has 0 saturated carbocycles. The van der Waals surface area contributed by atoms with E-state index >= 15 is 0 Å². The minimum atomic E-state index is -0.417. The third-order valence-electron chi connectivity index (χ3n) is 24.4. The zero-order chi connectivity index (χ0) is 94.1. The van der Waals surface area contributed by atoms with Crippen LogP contribution in [0.2, 0.25) is 0 Å². The normalized spacial score (nSPS) is 11.0. The molecular weight excluding hydrogens is 1680 g/mol. The monoisotopic (exact) mass is 1790 g/mol. The van der Waals surface area contributed by atoms with Crippen LogP contribution in [0.25, 0.3) is 76.5 Å². The van der Waals surface area contributed by atoms with E-state index in [2.05, 4.69) is 611 Å². The lowest BCUT2D eigenvalue weighted by molar-refractivity contribution is 1.27. The van der Waals surface area contributed by atoms with Gasteiger partial charge in [0.25, 0.3) is 7.98 Å². The van der Waals surface area contributed by atoms with E-state index in [1.165, 1.54) is 87.6 Å². The van der Waals surface area contributed by atoms with E-state index in [9.17, 15) is 0 Å². The summed E-state index contributed by atoms with van der Waals surface area (Å²) in [5.74, 6) is 0. The average molecular weight is 1790 g/mol. The van der Waals surface area contributed by atoms with Gasteiger partial charge in [-0.3, -0.25) is 0 Å². The van der Waals surface area contributed by atoms with Crippen LogP contribution in [0.1, 0.15) is 11.1 Å². The molecule has 1 atom stereocenters. The van der Waals surface area contributed by atoms with Gasteiger partial charge in [-0.05, 0) is 306 Å². The van der Waals surface area contributed by atoms with E-state index in [-0.39, 0.29) is 0 Å². The molecule has 22 aromatic carbocycles. The summed E-state index contributed by atoms with van der Waals surface area (Å²) in [6, 6.07) is 195. The Morgan fingerprint density at radius 3 is 0.632 bits per heavy atom. The molecule has 22 aromatic rings. The lowest BCUT2D eigenvalue weighted by Gasteiger charge is -2.27. The number of anilines is 18. The highest BCUT2D eigenvalue weighted by molar-refractivity contribution is 7.05. The molecule has 652 valence electrons. The van der Waals surface area contributed by atoms with E-state index in [4.69, 9.17) is 2.56 Å². The summed E-state index contributed by atoms with van der Waals surface area (Å²) < 4.78 is 14.6. The summed E-state index contributed by atoms with van der Waals surface area (Å²) >= 11 is 0. The Bertz CT molecular complexity index is 7270. The van der Waals surface area contributed by atoms with Crippen LogP contribution in [0.4, 0.5) is 102 Å². The van der Waals surface area contributed by atoms with Crippen molar-refractivity contribution in [3.8, 4) is 33.4 Å². The van der Waals surface area contributed by atoms with Crippen molar-refractivity contribution >= 4 is 172 Å². The first-order valence-electron chi connectivity index (χ1n) is 46.6. The highest BCUT2D eigenvalue weighted by atomic mass is 31.0. The van der Waals surface area contributed by atoms with Crippen LogP contribution in [0, 0.1) is 13.8 Å². The quantitative estimate of drug-likeness (QED) is 0.0527. The molecule has 0 aliphatic rings. The molecule has 0 aliphatic carbocycles. The Balaban J connectivity index is 0.000000134. The Labute approximate surface area is 807 Å². The number of benzene rings is 22. The second kappa shape index (κ2) is 43.1. The van der Waals surface area contributed by atoms with E-state index in [1.54, 1.807) is 0 Å². The number of nitrogens with zero attached hydrogens (tertiary/aromatic N) is 7. The van der Waals surface area contributed by atoms with Gasteiger partial charge in [-0.1, -0.05) is 340 Å². The second-order valence-electron chi connectivity index (χ2n) is 33.2. The molecule has 0 saturated heterocycles. The van der Waals surface area contributed by atoms with Gasteiger partial charge in [0, 0.05) is 102 Å². The van der Waals surface area contributed by atoms with Gasteiger partial charge >= 0.3 is 0 Å². The van der Waals surface area contributed by atoms with E-state index < -0.39 is 9.79 Å². The van der Waals surface area contributed by atoms with Gasteiger partial charge in [0.2, 0.25) is 0 Å². The summed E-state index contributed by atoms with van der Waals surface area (Å²) in [6.45, 7) is 4.27. The molecule has 0 amide bonds. The SMILES string of the molecule is Cc1cccc(N(c2ccccc2)c2ccc(-c3ccc(N(c4ccccc4)c4cccc(C)c4)cc3)cc2)c1.[2H]P[3H].[B]N=P.c1ccc(N(c2ccc(-c3ccc(N(c4ccccc4)c4ccc5ccccc5c4)cc3)cc2)c2ccc3ccccc3c2)cc1.c1ccc(N(c2ccc(-c3ccc(N(c4ccccc4)c4cccc5ccccc45)cc3)cc2)c2cccc3ccccc23)cc1. The number of hydrogen-bond donors (Lipinski definition) is 0. The van der Waals surface area contributed by atoms with Crippen molar-refractivity contribution in [3.63, 3.8) is 0 Å². The molecular formula is C126H100BN7P2. The first-order valence-corrected chi connectivity index (χ1v) is 46.0. The molecule has 0 N–H and O–H groups in total. The Kier molecular flexibility index (Phi) is 27.7. The van der Waals surface area contributed by atoms with Crippen molar-refractivity contribution in [2.24, 2.45) is 4.66 Å². The molecule has 136 heavy (non-hydrogen) atoms. The summed E-state index contributed by atoms with van der Waals surface area (Å²) in [7, 11) is 6.56. The minimum absolute atomic E-state index is 0.417. The van der Waals surface area contributed by atoms with Crippen molar-refractivity contribution in [3.05, 3.63) is 557 Å². The molecule has 0 fully saturated rings. The maximum Gasteiger partial charge on any atom is 0.265 e. The van der Waals surface area contributed by atoms with E-state index in [0.29, 0.717) is 0 Å². The van der Waals surface area contributed by atoms with Crippen LogP contribution in [-0.4, -0.2) is 10.5 Å². The second-order valence-corrected chi connectivity index (χ2v) is 33.4. The van der Waals surface area contributed by atoms with Crippen molar-refractivity contribution < 1.29 is 0 Å². The van der Waals surface area contributed by atoms with Crippen LogP contribution < -0.4 is 29.4 Å². The zero-order valence-corrected chi connectivity index (χ0v) is 77.7. The van der Waals surface area contributed by atoms with Gasteiger partial charge in [0.1, 0.15) is 0 Å². The standard InChI is InChI=1S/2C44H32N2.C38H32N2.BHNP.H3P/c1-3-17-37(18-4-1)45(43-23-11-15-35-13-7-9-21-41(35)43)39-29-25-33(26-30-39)34-27-31-40(32-28-34)46(38-19-5-2-6-20-38)44-24-12-16-36-14-8-10-22-42(36)44;1-3-15-39(16-4-1)45(43-29-23-33-11-7-9-13-37(33)31-43)41-25-19-35(20-26-41)36-21-27-42(28-22-36)46(40-17-5-2-6-18-40)44-30-24-34-12-8-10-14-38(34)32-44;1-29-11-9-17-37(27-29)39(33-13-5-3-6-14-33)35-23-19-31(20-24-35)32-21-25-36(26-22-32)40(34-15-7-4-8-16-34)38-18-10-12-30(2)28-38;1-2-3;/h2*1-32H;3-28H,1-2H3;3H;1H3/i;;;;1TD. The number of aryl methyl sites for hydroxylation is 2. The number of para-hydroxylation sites is 6. The van der Waals surface area contributed by atoms with Crippen LogP contribution in [0.3, 0.4) is 0 Å². The fourth-order valence-electron chi connectivity index (χ4n) is 17.9. The first-order chi connectivity index (χ1) is 68.1. The van der Waals surface area contributed by atoms with Gasteiger partial charge in [-0.25, -0.2) is 0 Å². The summed E-state index contributed by atoms with van der Waals surface area (Å²) in [4.78, 5) is 13.9. The molecule has 0 bridgehead atoms. The smallest absolute Gasteiger partial charge is 0.265 e. The summed E-state index contributed by atoms with van der Waals surface area (Å²) in [6.07, 6.45) is 0. The molecule has 2 radical (unpaired) electrons. The maximum absolute atomic E-state index is 5.90. The maximum atomic E-state index is 5.90. The lowest BCUT2D eigenvalue weighted by Crippen LogP contribution is -2.10. The average Bonchev–Trinajstić information content (AvgIpc) is 0.785. The molecule has 0 spiro atoms.